The number of pyridine rings is 2. The fraction of sp³-hybridized carbons (Fsp3) is 0.706. The van der Waals surface area contributed by atoms with E-state index in [1.807, 2.05) is 0 Å². The normalized spacial score (nSPS) is 11.6. The molecule has 214 valence electrons. The van der Waals surface area contributed by atoms with Gasteiger partial charge in [0.1, 0.15) is 0 Å². The van der Waals surface area contributed by atoms with Crippen LogP contribution in [0.15, 0.2) is 36.7 Å². The summed E-state index contributed by atoms with van der Waals surface area (Å²) >= 11 is 0. The average molecular weight is 553 g/mol. The number of hydrogen-bond acceptors (Lipinski definition) is 2. The first-order chi connectivity index (χ1) is 18.7. The molecule has 2 aromatic rings. The molecule has 0 aliphatic rings. The second-order valence-corrected chi connectivity index (χ2v) is 18.2. The largest absolute Gasteiger partial charge is 0.255 e. The molecular formula is C34H60N2Si2. The molecule has 0 saturated carbocycles. The Morgan fingerprint density at radius 2 is 0.737 bits per heavy atom. The van der Waals surface area contributed by atoms with E-state index in [-0.39, 0.29) is 0 Å². The monoisotopic (exact) mass is 552 g/mol. The summed E-state index contributed by atoms with van der Waals surface area (Å²) in [6.45, 7) is 9.25. The van der Waals surface area contributed by atoms with E-state index in [1.165, 1.54) is 127 Å². The molecule has 0 bridgehead atoms. The van der Waals surface area contributed by atoms with Gasteiger partial charge in [0.25, 0.3) is 0 Å². The van der Waals surface area contributed by atoms with Crippen LogP contribution < -0.4 is 10.4 Å². The second kappa shape index (κ2) is 21.5. The highest BCUT2D eigenvalue weighted by molar-refractivity contribution is 6.73. The third-order valence-corrected chi connectivity index (χ3v) is 15.4. The molecule has 0 spiro atoms. The summed E-state index contributed by atoms with van der Waals surface area (Å²) in [5.74, 6) is 0. The van der Waals surface area contributed by atoms with Crippen LogP contribution in [0, 0.1) is 0 Å². The number of unbranched alkanes of at least 4 members (excludes halogenated alkanes) is 12. The van der Waals surface area contributed by atoms with Crippen LogP contribution in [0.25, 0.3) is 11.4 Å². The summed E-state index contributed by atoms with van der Waals surface area (Å²) in [6.07, 6.45) is 26.5. The van der Waals surface area contributed by atoms with Crippen molar-refractivity contribution in [1.82, 2.24) is 9.97 Å². The SMILES string of the molecule is CCCCCC[SiH](CCCCCC)c1ccc(-c2ccc([SiH](CCCCCC)CCCCCC)cn2)nc1. The smallest absolute Gasteiger partial charge is 0.0885 e. The van der Waals surface area contributed by atoms with E-state index in [2.05, 4.69) is 64.4 Å². The fourth-order valence-electron chi connectivity index (χ4n) is 5.82. The Kier molecular flexibility index (Phi) is 18.7. The quantitative estimate of drug-likeness (QED) is 0.101. The molecule has 0 saturated heterocycles. The van der Waals surface area contributed by atoms with Crippen molar-refractivity contribution in [3.63, 3.8) is 0 Å². The lowest BCUT2D eigenvalue weighted by molar-refractivity contribution is 0.687. The molecule has 0 radical (unpaired) electrons. The van der Waals surface area contributed by atoms with Crippen LogP contribution in [-0.4, -0.2) is 27.6 Å². The summed E-state index contributed by atoms with van der Waals surface area (Å²) in [5.41, 5.74) is 2.10. The predicted molar refractivity (Wildman–Crippen MR) is 177 cm³/mol. The van der Waals surface area contributed by atoms with Crippen LogP contribution in [0.4, 0.5) is 0 Å². The Morgan fingerprint density at radius 3 is 0.974 bits per heavy atom. The number of aromatic nitrogens is 2. The first kappa shape index (κ1) is 32.9. The molecule has 0 aliphatic heterocycles. The van der Waals surface area contributed by atoms with Crippen molar-refractivity contribution < 1.29 is 0 Å². The van der Waals surface area contributed by atoms with Gasteiger partial charge in [-0.15, -0.1) is 0 Å². The average Bonchev–Trinajstić information content (AvgIpc) is 2.96. The summed E-state index contributed by atoms with van der Waals surface area (Å²) in [6, 6.07) is 15.1. The van der Waals surface area contributed by atoms with Crippen LogP contribution in [0.2, 0.25) is 24.2 Å². The molecule has 4 heteroatoms. The van der Waals surface area contributed by atoms with Gasteiger partial charge >= 0.3 is 0 Å². The molecule has 0 N–H and O–H groups in total. The topological polar surface area (TPSA) is 25.8 Å². The minimum Gasteiger partial charge on any atom is -0.255 e. The molecular weight excluding hydrogens is 493 g/mol. The van der Waals surface area contributed by atoms with Gasteiger partial charge in [-0.3, -0.25) is 9.97 Å². The maximum atomic E-state index is 4.96. The number of rotatable bonds is 23. The summed E-state index contributed by atoms with van der Waals surface area (Å²) in [5, 5.41) is 3.15. The predicted octanol–water partition coefficient (Wildman–Crippen LogP) is 9.33. The second-order valence-electron chi connectivity index (χ2n) is 11.7. The lowest BCUT2D eigenvalue weighted by Crippen LogP contribution is -2.30. The lowest BCUT2D eigenvalue weighted by atomic mass is 10.2. The number of hydrogen-bond donors (Lipinski definition) is 0. The lowest BCUT2D eigenvalue weighted by Gasteiger charge is -2.17. The zero-order valence-corrected chi connectivity index (χ0v) is 28.0. The minimum absolute atomic E-state index is 0.925. The summed E-state index contributed by atoms with van der Waals surface area (Å²) < 4.78 is 0. The standard InChI is InChI=1S/C34H60N2Si2/c1-5-9-13-17-25-37(26-18-14-10-6-2)31-21-23-33(35-29-31)34-24-22-32(30-36-34)38(27-19-15-11-7-3)28-20-16-12-8-4/h21-24,29-30,37-38H,5-20,25-28H2,1-4H3. The Bertz CT molecular complexity index is 713. The van der Waals surface area contributed by atoms with Gasteiger partial charge in [0, 0.05) is 12.4 Å². The molecule has 38 heavy (non-hydrogen) atoms. The number of nitrogens with zero attached hydrogens (tertiary/aromatic N) is 2. The van der Waals surface area contributed by atoms with Crippen molar-refractivity contribution in [3.8, 4) is 11.4 Å². The van der Waals surface area contributed by atoms with Gasteiger partial charge in [-0.25, -0.2) is 0 Å². The maximum Gasteiger partial charge on any atom is 0.0885 e. The summed E-state index contributed by atoms with van der Waals surface area (Å²) in [7, 11) is -1.85. The molecule has 2 nitrogen and oxygen atoms in total. The van der Waals surface area contributed by atoms with Gasteiger partial charge < -0.3 is 0 Å². The Labute approximate surface area is 240 Å². The third kappa shape index (κ3) is 13.2. The zero-order valence-electron chi connectivity index (χ0n) is 25.7. The van der Waals surface area contributed by atoms with E-state index < -0.39 is 17.6 Å². The molecule has 0 aliphatic carbocycles. The van der Waals surface area contributed by atoms with Gasteiger partial charge in [0.2, 0.25) is 0 Å². The van der Waals surface area contributed by atoms with E-state index in [0.717, 1.165) is 11.4 Å². The van der Waals surface area contributed by atoms with E-state index in [0.29, 0.717) is 0 Å². The van der Waals surface area contributed by atoms with Crippen molar-refractivity contribution in [1.29, 1.82) is 0 Å². The first-order valence-electron chi connectivity index (χ1n) is 16.7. The molecule has 0 aromatic carbocycles. The van der Waals surface area contributed by atoms with Crippen molar-refractivity contribution >= 4 is 28.0 Å². The highest BCUT2D eigenvalue weighted by Gasteiger charge is 2.16. The maximum absolute atomic E-state index is 4.96. The molecule has 2 heterocycles. The van der Waals surface area contributed by atoms with Crippen molar-refractivity contribution in [2.45, 2.75) is 155 Å². The highest BCUT2D eigenvalue weighted by atomic mass is 28.3. The summed E-state index contributed by atoms with van der Waals surface area (Å²) in [4.78, 5) is 9.91. The van der Waals surface area contributed by atoms with E-state index in [9.17, 15) is 0 Å². The van der Waals surface area contributed by atoms with Gasteiger partial charge in [0.05, 0.1) is 29.0 Å². The van der Waals surface area contributed by atoms with Crippen LogP contribution in [0.3, 0.4) is 0 Å². The van der Waals surface area contributed by atoms with E-state index >= 15 is 0 Å². The van der Waals surface area contributed by atoms with Gasteiger partial charge in [-0.05, 0) is 22.5 Å². The third-order valence-electron chi connectivity index (χ3n) is 8.40. The van der Waals surface area contributed by atoms with Gasteiger partial charge in [0.15, 0.2) is 0 Å². The minimum atomic E-state index is -0.925. The fourth-order valence-corrected chi connectivity index (χ4v) is 12.2. The van der Waals surface area contributed by atoms with E-state index in [1.54, 1.807) is 10.4 Å². The first-order valence-corrected chi connectivity index (χ1v) is 21.1. The Hall–Kier alpha value is -1.27. The van der Waals surface area contributed by atoms with Crippen molar-refractivity contribution in [2.75, 3.05) is 0 Å². The highest BCUT2D eigenvalue weighted by Crippen LogP contribution is 2.18. The molecule has 0 unspecified atom stereocenters. The van der Waals surface area contributed by atoms with Crippen molar-refractivity contribution in [2.24, 2.45) is 0 Å². The van der Waals surface area contributed by atoms with Crippen LogP contribution in [0.5, 0.6) is 0 Å². The molecule has 0 fully saturated rings. The van der Waals surface area contributed by atoms with Crippen LogP contribution >= 0.6 is 0 Å². The Balaban J connectivity index is 2.03. The van der Waals surface area contributed by atoms with Crippen LogP contribution in [-0.2, 0) is 0 Å². The zero-order chi connectivity index (χ0) is 27.3. The van der Waals surface area contributed by atoms with E-state index in [4.69, 9.17) is 9.97 Å². The Morgan fingerprint density at radius 1 is 0.421 bits per heavy atom. The molecule has 0 atom stereocenters. The van der Waals surface area contributed by atoms with Gasteiger partial charge in [-0.2, -0.15) is 0 Å². The van der Waals surface area contributed by atoms with Crippen LogP contribution in [0.1, 0.15) is 130 Å². The van der Waals surface area contributed by atoms with Gasteiger partial charge in [-0.1, -0.05) is 167 Å². The molecule has 2 rings (SSSR count). The molecule has 0 amide bonds. The van der Waals surface area contributed by atoms with Crippen molar-refractivity contribution in [3.05, 3.63) is 36.7 Å². The molecule has 2 aromatic heterocycles.